The largest absolute Gasteiger partial charge is 0.435 e. The number of rotatable bonds is 4. The van der Waals surface area contributed by atoms with Gasteiger partial charge in [0.25, 0.3) is 0 Å². The van der Waals surface area contributed by atoms with Gasteiger partial charge < -0.3 is 5.32 Å². The number of carbonyl (C=O) groups is 1. The minimum atomic E-state index is -4.49. The summed E-state index contributed by atoms with van der Waals surface area (Å²) in [6.07, 6.45) is -2.08. The molecule has 3 rings (SSSR count). The van der Waals surface area contributed by atoms with E-state index in [1.807, 2.05) is 44.2 Å². The molecular formula is C19H22F3N3O. The number of hydrogen-bond donors (Lipinski definition) is 1. The summed E-state index contributed by atoms with van der Waals surface area (Å²) >= 11 is 0. The minimum Gasteiger partial charge on any atom is -0.346 e. The summed E-state index contributed by atoms with van der Waals surface area (Å²) in [6, 6.07) is 9.44. The van der Waals surface area contributed by atoms with Crippen LogP contribution in [0.4, 0.5) is 13.2 Å². The molecule has 0 saturated heterocycles. The van der Waals surface area contributed by atoms with E-state index >= 15 is 0 Å². The highest BCUT2D eigenvalue weighted by molar-refractivity contribution is 5.76. The molecule has 1 aliphatic rings. The lowest BCUT2D eigenvalue weighted by atomic mass is 9.94. The normalized spacial score (nSPS) is 14.8. The Morgan fingerprint density at radius 3 is 2.46 bits per heavy atom. The zero-order valence-corrected chi connectivity index (χ0v) is 14.9. The molecule has 1 amide bonds. The van der Waals surface area contributed by atoms with Gasteiger partial charge in [-0.05, 0) is 45.1 Å². The molecule has 1 aromatic carbocycles. The molecule has 0 spiro atoms. The molecule has 0 atom stereocenters. The van der Waals surface area contributed by atoms with E-state index in [1.165, 1.54) is 4.68 Å². The fourth-order valence-corrected chi connectivity index (χ4v) is 3.48. The highest BCUT2D eigenvalue weighted by Gasteiger charge is 2.39. The third kappa shape index (κ3) is 3.76. The van der Waals surface area contributed by atoms with Crippen molar-refractivity contribution in [2.45, 2.75) is 57.8 Å². The lowest BCUT2D eigenvalue weighted by Gasteiger charge is -2.27. The molecule has 0 fully saturated rings. The van der Waals surface area contributed by atoms with E-state index in [-0.39, 0.29) is 18.0 Å². The first kappa shape index (κ1) is 18.5. The van der Waals surface area contributed by atoms with Gasteiger partial charge in [-0.1, -0.05) is 30.3 Å². The van der Waals surface area contributed by atoms with Crippen LogP contribution in [0.1, 0.15) is 49.2 Å². The average Bonchev–Trinajstić information content (AvgIpc) is 2.94. The van der Waals surface area contributed by atoms with Gasteiger partial charge in [0.2, 0.25) is 5.91 Å². The van der Waals surface area contributed by atoms with E-state index in [0.717, 1.165) is 18.4 Å². The van der Waals surface area contributed by atoms with Gasteiger partial charge in [0, 0.05) is 11.3 Å². The van der Waals surface area contributed by atoms with Crippen molar-refractivity contribution < 1.29 is 18.0 Å². The fourth-order valence-electron chi connectivity index (χ4n) is 3.48. The number of nitrogens with one attached hydrogen (secondary N) is 1. The van der Waals surface area contributed by atoms with Crippen LogP contribution in [-0.4, -0.2) is 15.7 Å². The van der Waals surface area contributed by atoms with Crippen molar-refractivity contribution in [2.75, 3.05) is 0 Å². The van der Waals surface area contributed by atoms with E-state index in [0.29, 0.717) is 18.5 Å². The van der Waals surface area contributed by atoms with Crippen LogP contribution in [0.25, 0.3) is 0 Å². The number of alkyl halides is 3. The maximum atomic E-state index is 13.2. The standard InChI is InChI=1S/C19H22F3N3O/c1-18(2,13-8-4-3-5-9-13)23-16(26)12-25-15-11-7-6-10-14(15)17(24-25)19(20,21)22/h3-5,8-9H,6-7,10-12H2,1-2H3,(H,23,26). The summed E-state index contributed by atoms with van der Waals surface area (Å²) in [6.45, 7) is 3.51. The van der Waals surface area contributed by atoms with Crippen LogP contribution >= 0.6 is 0 Å². The number of halogens is 3. The Balaban J connectivity index is 1.81. The fraction of sp³-hybridized carbons (Fsp3) is 0.474. The summed E-state index contributed by atoms with van der Waals surface area (Å²) in [5.74, 6) is -0.358. The van der Waals surface area contributed by atoms with Gasteiger partial charge >= 0.3 is 6.18 Å². The summed E-state index contributed by atoms with van der Waals surface area (Å²) in [7, 11) is 0. The summed E-state index contributed by atoms with van der Waals surface area (Å²) < 4.78 is 41.0. The molecule has 1 N–H and O–H groups in total. The average molecular weight is 365 g/mol. The molecule has 140 valence electrons. The van der Waals surface area contributed by atoms with E-state index in [1.54, 1.807) is 0 Å². The molecule has 4 nitrogen and oxygen atoms in total. The second-order valence-corrected chi connectivity index (χ2v) is 7.18. The van der Waals surface area contributed by atoms with E-state index in [4.69, 9.17) is 0 Å². The van der Waals surface area contributed by atoms with Crippen LogP contribution < -0.4 is 5.32 Å². The zero-order valence-electron chi connectivity index (χ0n) is 14.9. The van der Waals surface area contributed by atoms with Gasteiger partial charge in [-0.2, -0.15) is 18.3 Å². The molecule has 0 saturated carbocycles. The first-order valence-corrected chi connectivity index (χ1v) is 8.71. The van der Waals surface area contributed by atoms with Crippen molar-refractivity contribution in [3.63, 3.8) is 0 Å². The second-order valence-electron chi connectivity index (χ2n) is 7.18. The number of nitrogens with zero attached hydrogens (tertiary/aromatic N) is 2. The van der Waals surface area contributed by atoms with Crippen LogP contribution in [0.15, 0.2) is 30.3 Å². The van der Waals surface area contributed by atoms with Crippen molar-refractivity contribution in [1.82, 2.24) is 15.1 Å². The Kier molecular flexibility index (Phi) is 4.82. The van der Waals surface area contributed by atoms with Crippen LogP contribution in [0.5, 0.6) is 0 Å². The predicted molar refractivity (Wildman–Crippen MR) is 91.5 cm³/mol. The number of aromatic nitrogens is 2. The molecule has 1 aromatic heterocycles. The van der Waals surface area contributed by atoms with Crippen molar-refractivity contribution in [3.8, 4) is 0 Å². The smallest absolute Gasteiger partial charge is 0.346 e. The summed E-state index contributed by atoms with van der Waals surface area (Å²) in [5.41, 5.74) is 0.238. The molecule has 0 bridgehead atoms. The molecule has 0 unspecified atom stereocenters. The lowest BCUT2D eigenvalue weighted by Crippen LogP contribution is -2.42. The Hall–Kier alpha value is -2.31. The van der Waals surface area contributed by atoms with Crippen molar-refractivity contribution >= 4 is 5.91 Å². The SMILES string of the molecule is CC(C)(NC(=O)Cn1nc(C(F)(F)F)c2c1CCCC2)c1ccccc1. The topological polar surface area (TPSA) is 46.9 Å². The van der Waals surface area contributed by atoms with Crippen LogP contribution in [0.2, 0.25) is 0 Å². The maximum Gasteiger partial charge on any atom is 0.435 e. The highest BCUT2D eigenvalue weighted by atomic mass is 19.4. The number of hydrogen-bond acceptors (Lipinski definition) is 2. The van der Waals surface area contributed by atoms with Crippen LogP contribution in [0, 0.1) is 0 Å². The molecule has 2 aromatic rings. The quantitative estimate of drug-likeness (QED) is 0.895. The Morgan fingerprint density at radius 1 is 1.15 bits per heavy atom. The second kappa shape index (κ2) is 6.78. The van der Waals surface area contributed by atoms with Gasteiger partial charge in [-0.3, -0.25) is 9.48 Å². The molecular weight excluding hydrogens is 343 g/mol. The highest BCUT2D eigenvalue weighted by Crippen LogP contribution is 2.35. The van der Waals surface area contributed by atoms with Crippen molar-refractivity contribution in [2.24, 2.45) is 0 Å². The first-order valence-electron chi connectivity index (χ1n) is 8.71. The number of amides is 1. The third-order valence-electron chi connectivity index (χ3n) is 4.77. The number of benzene rings is 1. The van der Waals surface area contributed by atoms with Gasteiger partial charge in [-0.15, -0.1) is 0 Å². The lowest BCUT2D eigenvalue weighted by molar-refractivity contribution is -0.142. The van der Waals surface area contributed by atoms with Crippen LogP contribution in [-0.2, 0) is 35.9 Å². The van der Waals surface area contributed by atoms with E-state index in [2.05, 4.69) is 10.4 Å². The summed E-state index contributed by atoms with van der Waals surface area (Å²) in [5, 5.41) is 6.63. The molecule has 1 aliphatic carbocycles. The van der Waals surface area contributed by atoms with E-state index in [9.17, 15) is 18.0 Å². The maximum absolute atomic E-state index is 13.2. The molecule has 0 aliphatic heterocycles. The van der Waals surface area contributed by atoms with Gasteiger partial charge in [-0.25, -0.2) is 0 Å². The van der Waals surface area contributed by atoms with Crippen molar-refractivity contribution in [3.05, 3.63) is 52.8 Å². The Labute approximate surface area is 150 Å². The Morgan fingerprint density at radius 2 is 1.81 bits per heavy atom. The van der Waals surface area contributed by atoms with Gasteiger partial charge in [0.15, 0.2) is 5.69 Å². The van der Waals surface area contributed by atoms with Crippen molar-refractivity contribution in [1.29, 1.82) is 0 Å². The van der Waals surface area contributed by atoms with Gasteiger partial charge in [0.05, 0.1) is 5.54 Å². The van der Waals surface area contributed by atoms with Gasteiger partial charge in [0.1, 0.15) is 6.54 Å². The monoisotopic (exact) mass is 365 g/mol. The third-order valence-corrected chi connectivity index (χ3v) is 4.77. The minimum absolute atomic E-state index is 0.214. The van der Waals surface area contributed by atoms with Crippen LogP contribution in [0.3, 0.4) is 0 Å². The molecule has 26 heavy (non-hydrogen) atoms. The first-order chi connectivity index (χ1) is 12.2. The predicted octanol–water partition coefficient (Wildman–Crippen LogP) is 3.83. The molecule has 0 radical (unpaired) electrons. The summed E-state index contributed by atoms with van der Waals surface area (Å²) in [4.78, 5) is 12.5. The molecule has 7 heteroatoms. The molecule has 1 heterocycles. The Bertz CT molecular complexity index is 794. The van der Waals surface area contributed by atoms with E-state index < -0.39 is 17.4 Å². The number of fused-ring (bicyclic) bond motifs is 1. The zero-order chi connectivity index (χ0) is 18.9. The number of carbonyl (C=O) groups excluding carboxylic acids is 1.